The van der Waals surface area contributed by atoms with E-state index in [1.165, 1.54) is 26.0 Å². The summed E-state index contributed by atoms with van der Waals surface area (Å²) in [5, 5.41) is 24.4. The van der Waals surface area contributed by atoms with Crippen molar-refractivity contribution in [1.29, 1.82) is 0 Å². The summed E-state index contributed by atoms with van der Waals surface area (Å²) in [6, 6.07) is 6.11. The fraction of sp³-hybridized carbons (Fsp3) is 0.588. The molecule has 2 spiro atoms. The van der Waals surface area contributed by atoms with Gasteiger partial charge in [0.05, 0.1) is 29.1 Å². The van der Waals surface area contributed by atoms with E-state index in [2.05, 4.69) is 6.58 Å². The molecule has 13 heteroatoms. The number of aliphatic hydroxyl groups is 2. The molecular weight excluding hydrogens is 614 g/mol. The Morgan fingerprint density at radius 3 is 2.04 bits per heavy atom. The zero-order valence-corrected chi connectivity index (χ0v) is 26.5. The number of carbonyl (C=O) groups excluding carboxylic acids is 6. The molecule has 7 bridgehead atoms. The number of Topliss-reactive ketones (excluding diaryl/α,β-unsaturated/α-hetero) is 1. The average molecular weight is 652 g/mol. The smallest absolute Gasteiger partial charge is 0.338 e. The Morgan fingerprint density at radius 1 is 0.872 bits per heavy atom. The lowest BCUT2D eigenvalue weighted by molar-refractivity contribution is -0.301. The van der Waals surface area contributed by atoms with Gasteiger partial charge in [0, 0.05) is 61.4 Å². The first-order chi connectivity index (χ1) is 22.1. The van der Waals surface area contributed by atoms with Gasteiger partial charge in [-0.3, -0.25) is 24.1 Å². The zero-order valence-electron chi connectivity index (χ0n) is 26.5. The molecule has 47 heavy (non-hydrogen) atoms. The number of hydrogen-bond acceptors (Lipinski definition) is 13. The number of piperidine rings is 1. The van der Waals surface area contributed by atoms with E-state index in [-0.39, 0.29) is 11.1 Å². The number of esters is 4. The number of hydrogen-bond donors (Lipinski definition) is 2. The highest BCUT2D eigenvalue weighted by Gasteiger charge is 2.96. The van der Waals surface area contributed by atoms with Gasteiger partial charge in [0.1, 0.15) is 18.2 Å². The molecule has 2 aliphatic heterocycles. The van der Waals surface area contributed by atoms with Crippen LogP contribution in [0.1, 0.15) is 38.1 Å². The van der Waals surface area contributed by atoms with Crippen LogP contribution in [0.5, 0.6) is 0 Å². The van der Waals surface area contributed by atoms with Gasteiger partial charge in [0.15, 0.2) is 18.3 Å². The molecule has 6 aliphatic carbocycles. The number of nitrogens with zero attached hydrogens (tertiary/aromatic N) is 1. The molecule has 6 saturated carbocycles. The van der Waals surface area contributed by atoms with Crippen molar-refractivity contribution in [2.45, 2.75) is 76.4 Å². The number of ketones is 1. The minimum Gasteiger partial charge on any atom is -0.461 e. The maximum Gasteiger partial charge on any atom is 0.338 e. The number of aliphatic hydroxyl groups excluding tert-OH is 2. The Bertz CT molecular complexity index is 1630. The first kappa shape index (κ1) is 31.6. The molecule has 1 aromatic carbocycles. The van der Waals surface area contributed by atoms with Crippen LogP contribution in [0.15, 0.2) is 42.5 Å². The van der Waals surface area contributed by atoms with E-state index < -0.39 is 118 Å². The number of rotatable bonds is 6. The van der Waals surface area contributed by atoms with Gasteiger partial charge in [-0.25, -0.2) is 4.79 Å². The molecule has 0 amide bonds. The third kappa shape index (κ3) is 3.49. The first-order valence-electron chi connectivity index (χ1n) is 15.7. The molecule has 0 aromatic heterocycles. The van der Waals surface area contributed by atoms with Crippen molar-refractivity contribution in [3.63, 3.8) is 0 Å². The number of likely N-dealkylation sites (N-methyl/N-ethyl adjacent to an activating group) is 1. The molecular formula is C34H37NO12. The first-order valence-corrected chi connectivity index (χ1v) is 15.7. The lowest BCUT2D eigenvalue weighted by atomic mass is 9.36. The molecule has 2 heterocycles. The van der Waals surface area contributed by atoms with Gasteiger partial charge in [0.2, 0.25) is 0 Å². The predicted molar refractivity (Wildman–Crippen MR) is 157 cm³/mol. The van der Waals surface area contributed by atoms with Gasteiger partial charge in [-0.05, 0) is 31.7 Å². The van der Waals surface area contributed by atoms with E-state index in [9.17, 15) is 39.0 Å². The summed E-state index contributed by atoms with van der Waals surface area (Å²) in [7, 11) is 1.68. The van der Waals surface area contributed by atoms with E-state index in [0.717, 1.165) is 13.8 Å². The number of ether oxygens (including phenoxy) is 4. The van der Waals surface area contributed by atoms with Gasteiger partial charge in [-0.1, -0.05) is 24.8 Å². The Hall–Kier alpha value is -3.94. The Labute approximate surface area is 270 Å². The summed E-state index contributed by atoms with van der Waals surface area (Å²) >= 11 is 0. The monoisotopic (exact) mass is 651 g/mol. The van der Waals surface area contributed by atoms with Gasteiger partial charge in [-0.15, -0.1) is 0 Å². The second-order valence-corrected chi connectivity index (χ2v) is 14.2. The second kappa shape index (κ2) is 10.0. The summed E-state index contributed by atoms with van der Waals surface area (Å²) in [4.78, 5) is 82.0. The van der Waals surface area contributed by atoms with Crippen molar-refractivity contribution in [1.82, 2.24) is 4.90 Å². The van der Waals surface area contributed by atoms with Crippen LogP contribution < -0.4 is 0 Å². The zero-order chi connectivity index (χ0) is 34.1. The van der Waals surface area contributed by atoms with Crippen LogP contribution in [0.3, 0.4) is 0 Å². The van der Waals surface area contributed by atoms with Crippen molar-refractivity contribution in [2.24, 2.45) is 39.9 Å². The van der Waals surface area contributed by atoms with Gasteiger partial charge in [0.25, 0.3) is 0 Å². The molecule has 2 N–H and O–H groups in total. The minimum absolute atomic E-state index is 0.105. The molecule has 1 aromatic rings. The highest BCUT2D eigenvalue weighted by molar-refractivity contribution is 5.94. The van der Waals surface area contributed by atoms with Crippen LogP contribution in [-0.2, 0) is 42.9 Å². The van der Waals surface area contributed by atoms with Crippen LogP contribution in [0.2, 0.25) is 0 Å². The van der Waals surface area contributed by atoms with Gasteiger partial charge < -0.3 is 34.0 Å². The van der Waals surface area contributed by atoms with Crippen molar-refractivity contribution in [2.75, 3.05) is 7.05 Å². The summed E-state index contributed by atoms with van der Waals surface area (Å²) in [6.07, 6.45) is -8.17. The van der Waals surface area contributed by atoms with Gasteiger partial charge in [-0.2, -0.15) is 0 Å². The quantitative estimate of drug-likeness (QED) is 0.185. The highest BCUT2D eigenvalue weighted by atomic mass is 16.6. The molecule has 250 valence electrons. The fourth-order valence-corrected chi connectivity index (χ4v) is 11.5. The van der Waals surface area contributed by atoms with Crippen LogP contribution in [0, 0.1) is 39.9 Å². The van der Waals surface area contributed by atoms with Crippen molar-refractivity contribution in [3.8, 4) is 0 Å². The third-order valence-corrected chi connectivity index (χ3v) is 12.3. The average Bonchev–Trinajstić information content (AvgIpc) is 3.35. The van der Waals surface area contributed by atoms with Crippen molar-refractivity contribution < 1.29 is 57.9 Å². The molecule has 3 unspecified atom stereocenters. The Morgan fingerprint density at radius 2 is 1.47 bits per heavy atom. The standard InChI is InChI=1S/C34H37NO12/c1-13-18-21(40)19-26-34-24(20(35(26)6)28(42)33(19,27(13)41)25(34)22(18)44-14(2)37)32(5,12-36)29(45-15(3)38)23(30(34)46-16(4)39)47-31(43)17-10-8-7-9-11-17/h7-12,18-20,22-30,41-42H,1H2,2-6H3/t18-,19?,20+,22+,23-,24+,25?,26?,27-,28+,29-,30+,32-,33-,34+/m0/s1. The molecule has 13 nitrogen and oxygen atoms in total. The van der Waals surface area contributed by atoms with E-state index in [4.69, 9.17) is 18.9 Å². The molecule has 8 fully saturated rings. The SMILES string of the molecule is C=C1[C@H]2C(=O)C3C4N(C)[C@H]5[C@@H](O)[C@@]3(C([C@@H]2OC(C)=O)[C@@]42[C@H](OC(C)=O)[C@@H](OC(=O)c3ccccc3)[C@H](OC(C)=O)[C@@](C)(C=O)[C@@H]52)[C@H]1O. The Balaban J connectivity index is 1.55. The van der Waals surface area contributed by atoms with E-state index in [1.807, 2.05) is 0 Å². The second-order valence-electron chi connectivity index (χ2n) is 14.2. The molecule has 2 saturated heterocycles. The largest absolute Gasteiger partial charge is 0.461 e. The summed E-state index contributed by atoms with van der Waals surface area (Å²) < 4.78 is 24.0. The van der Waals surface area contributed by atoms with E-state index in [0.29, 0.717) is 6.29 Å². The number of fused-ring (bicyclic) bond motifs is 1. The van der Waals surface area contributed by atoms with E-state index >= 15 is 0 Å². The van der Waals surface area contributed by atoms with Crippen molar-refractivity contribution in [3.05, 3.63) is 48.0 Å². The van der Waals surface area contributed by atoms with Crippen LogP contribution in [0.4, 0.5) is 0 Å². The topological polar surface area (TPSA) is 183 Å². The molecule has 0 radical (unpaired) electrons. The van der Waals surface area contributed by atoms with Gasteiger partial charge >= 0.3 is 23.9 Å². The molecule has 15 atom stereocenters. The van der Waals surface area contributed by atoms with E-state index in [1.54, 1.807) is 30.1 Å². The number of benzene rings is 1. The highest BCUT2D eigenvalue weighted by Crippen LogP contribution is 2.84. The summed E-state index contributed by atoms with van der Waals surface area (Å²) in [5.41, 5.74) is -4.68. The lowest BCUT2D eigenvalue weighted by Crippen LogP contribution is -2.81. The van der Waals surface area contributed by atoms with Crippen molar-refractivity contribution >= 4 is 35.9 Å². The van der Waals surface area contributed by atoms with Crippen LogP contribution >= 0.6 is 0 Å². The van der Waals surface area contributed by atoms with Crippen LogP contribution in [-0.4, -0.2) is 107 Å². The summed E-state index contributed by atoms with van der Waals surface area (Å²) in [6.45, 7) is 8.98. The van der Waals surface area contributed by atoms with Crippen LogP contribution in [0.25, 0.3) is 0 Å². The number of carbonyl (C=O) groups is 6. The Kier molecular flexibility index (Phi) is 6.76. The normalized spacial score (nSPS) is 46.9. The maximum atomic E-state index is 14.5. The minimum atomic E-state index is -1.72. The fourth-order valence-electron chi connectivity index (χ4n) is 11.5. The third-order valence-electron chi connectivity index (χ3n) is 12.3. The summed E-state index contributed by atoms with van der Waals surface area (Å²) in [5.74, 6) is -7.90. The molecule has 9 rings (SSSR count). The lowest BCUT2D eigenvalue weighted by Gasteiger charge is -2.69. The maximum absolute atomic E-state index is 14.5. The predicted octanol–water partition coefficient (Wildman–Crippen LogP) is 0.248. The molecule has 8 aliphatic rings. The number of aldehydes is 1.